The lowest BCUT2D eigenvalue weighted by molar-refractivity contribution is -0.137. The average molecular weight is 357 g/mol. The predicted octanol–water partition coefficient (Wildman–Crippen LogP) is 0.693. The molecule has 9 heteroatoms. The number of carbonyl (C=O) groups is 2. The summed E-state index contributed by atoms with van der Waals surface area (Å²) in [5.41, 5.74) is 0.735. The minimum Gasteiger partial charge on any atom is -0.487 e. The molecule has 0 bridgehead atoms. The highest BCUT2D eigenvalue weighted by molar-refractivity contribution is 5.83. The molecule has 2 aliphatic heterocycles. The molecule has 9 nitrogen and oxygen atoms in total. The number of rotatable bonds is 6. The number of hydrogen-bond acceptors (Lipinski definition) is 6. The highest BCUT2D eigenvalue weighted by atomic mass is 16.6. The van der Waals surface area contributed by atoms with E-state index < -0.39 is 6.09 Å². The Morgan fingerprint density at radius 2 is 2.08 bits per heavy atom. The smallest absolute Gasteiger partial charge is 0.410 e. The largest absolute Gasteiger partial charge is 0.487 e. The van der Waals surface area contributed by atoms with Crippen LogP contribution in [0.25, 0.3) is 0 Å². The first kappa shape index (κ1) is 16.4. The van der Waals surface area contributed by atoms with Gasteiger partial charge >= 0.3 is 6.09 Å². The molecule has 2 fully saturated rings. The Morgan fingerprint density at radius 3 is 2.81 bits per heavy atom. The van der Waals surface area contributed by atoms with Crippen molar-refractivity contribution >= 4 is 12.0 Å². The molecule has 1 aromatic heterocycles. The van der Waals surface area contributed by atoms with Crippen molar-refractivity contribution in [3.05, 3.63) is 42.2 Å². The van der Waals surface area contributed by atoms with Gasteiger partial charge in [-0.1, -0.05) is 23.4 Å². The SMILES string of the molecule is O=C(CN1CCOC1=O)N1CC(n2cc(COc3ccccc3)nn2)C1. The summed E-state index contributed by atoms with van der Waals surface area (Å²) in [6.07, 6.45) is 1.42. The van der Waals surface area contributed by atoms with Gasteiger partial charge in [0.1, 0.15) is 31.2 Å². The van der Waals surface area contributed by atoms with Gasteiger partial charge in [-0.3, -0.25) is 9.69 Å². The first-order valence-corrected chi connectivity index (χ1v) is 8.47. The van der Waals surface area contributed by atoms with Crippen LogP contribution in [0.2, 0.25) is 0 Å². The van der Waals surface area contributed by atoms with E-state index in [4.69, 9.17) is 9.47 Å². The van der Waals surface area contributed by atoms with Crippen LogP contribution in [-0.4, -0.2) is 69.6 Å². The van der Waals surface area contributed by atoms with E-state index in [0.29, 0.717) is 32.8 Å². The zero-order chi connectivity index (χ0) is 17.9. The number of cyclic esters (lactones) is 1. The normalized spacial score (nSPS) is 17.2. The van der Waals surface area contributed by atoms with Crippen molar-refractivity contribution in [3.8, 4) is 5.75 Å². The van der Waals surface area contributed by atoms with Crippen LogP contribution in [-0.2, 0) is 16.1 Å². The second-order valence-corrected chi connectivity index (χ2v) is 6.28. The monoisotopic (exact) mass is 357 g/mol. The Hall–Kier alpha value is -3.10. The van der Waals surface area contributed by atoms with E-state index in [0.717, 1.165) is 11.4 Å². The van der Waals surface area contributed by atoms with Gasteiger partial charge in [-0.2, -0.15) is 0 Å². The number of ether oxygens (including phenoxy) is 2. The topological polar surface area (TPSA) is 89.8 Å². The molecule has 3 heterocycles. The van der Waals surface area contributed by atoms with Crippen molar-refractivity contribution in [1.82, 2.24) is 24.8 Å². The van der Waals surface area contributed by atoms with Crippen molar-refractivity contribution in [2.24, 2.45) is 0 Å². The van der Waals surface area contributed by atoms with E-state index in [2.05, 4.69) is 10.3 Å². The maximum absolute atomic E-state index is 12.2. The first-order valence-electron chi connectivity index (χ1n) is 8.47. The summed E-state index contributed by atoms with van der Waals surface area (Å²) in [6, 6.07) is 9.62. The number of aromatic nitrogens is 3. The summed E-state index contributed by atoms with van der Waals surface area (Å²) in [5, 5.41) is 8.24. The number of likely N-dealkylation sites (tertiary alicyclic amines) is 1. The fourth-order valence-electron chi connectivity index (χ4n) is 2.89. The summed E-state index contributed by atoms with van der Waals surface area (Å²) in [4.78, 5) is 26.7. The van der Waals surface area contributed by atoms with E-state index in [1.54, 1.807) is 9.58 Å². The molecule has 136 valence electrons. The van der Waals surface area contributed by atoms with Crippen molar-refractivity contribution in [2.45, 2.75) is 12.6 Å². The standard InChI is InChI=1S/C17H19N5O4/c23-16(11-20-6-7-25-17(20)24)21-9-14(10-21)22-8-13(18-19-22)12-26-15-4-2-1-3-5-15/h1-5,8,14H,6-7,9-12H2. The molecule has 4 rings (SSSR count). The van der Waals surface area contributed by atoms with Crippen LogP contribution in [0.15, 0.2) is 36.5 Å². The quantitative estimate of drug-likeness (QED) is 0.756. The summed E-state index contributed by atoms with van der Waals surface area (Å²) < 4.78 is 12.2. The molecule has 2 aromatic rings. The lowest BCUT2D eigenvalue weighted by Crippen LogP contribution is -2.53. The van der Waals surface area contributed by atoms with Crippen LogP contribution in [0, 0.1) is 0 Å². The Morgan fingerprint density at radius 1 is 1.27 bits per heavy atom. The van der Waals surface area contributed by atoms with Crippen LogP contribution in [0.4, 0.5) is 4.79 Å². The Balaban J connectivity index is 1.25. The molecule has 26 heavy (non-hydrogen) atoms. The highest BCUT2D eigenvalue weighted by Gasteiger charge is 2.35. The third-order valence-corrected chi connectivity index (χ3v) is 4.45. The number of para-hydroxylation sites is 1. The van der Waals surface area contributed by atoms with Crippen molar-refractivity contribution < 1.29 is 19.1 Å². The minimum atomic E-state index is -0.422. The van der Waals surface area contributed by atoms with E-state index in [1.165, 1.54) is 4.90 Å². The van der Waals surface area contributed by atoms with Gasteiger partial charge in [0.15, 0.2) is 0 Å². The molecule has 2 aliphatic rings. The van der Waals surface area contributed by atoms with Gasteiger partial charge in [0, 0.05) is 13.1 Å². The van der Waals surface area contributed by atoms with Gasteiger partial charge in [0.2, 0.25) is 5.91 Å². The highest BCUT2D eigenvalue weighted by Crippen LogP contribution is 2.21. The average Bonchev–Trinajstić information content (AvgIpc) is 3.22. The Kier molecular flexibility index (Phi) is 4.42. The van der Waals surface area contributed by atoms with Crippen LogP contribution < -0.4 is 4.74 Å². The molecule has 0 atom stereocenters. The van der Waals surface area contributed by atoms with Crippen molar-refractivity contribution in [2.75, 3.05) is 32.8 Å². The number of hydrogen-bond donors (Lipinski definition) is 0. The molecule has 0 unspecified atom stereocenters. The van der Waals surface area contributed by atoms with Crippen LogP contribution in [0.3, 0.4) is 0 Å². The van der Waals surface area contributed by atoms with Gasteiger partial charge in [0.05, 0.1) is 18.8 Å². The predicted molar refractivity (Wildman–Crippen MR) is 89.3 cm³/mol. The molecular formula is C17H19N5O4. The van der Waals surface area contributed by atoms with E-state index >= 15 is 0 Å². The van der Waals surface area contributed by atoms with Crippen molar-refractivity contribution in [3.63, 3.8) is 0 Å². The molecule has 0 spiro atoms. The van der Waals surface area contributed by atoms with Gasteiger partial charge in [-0.05, 0) is 12.1 Å². The number of amides is 2. The first-order chi connectivity index (χ1) is 12.7. The second kappa shape index (κ2) is 7.03. The van der Waals surface area contributed by atoms with E-state index in [-0.39, 0.29) is 18.5 Å². The second-order valence-electron chi connectivity index (χ2n) is 6.28. The molecular weight excluding hydrogens is 338 g/mol. The van der Waals surface area contributed by atoms with Gasteiger partial charge in [-0.25, -0.2) is 9.48 Å². The summed E-state index contributed by atoms with van der Waals surface area (Å²) in [6.45, 7) is 2.35. The number of nitrogens with zero attached hydrogens (tertiary/aromatic N) is 5. The molecule has 2 amide bonds. The van der Waals surface area contributed by atoms with Gasteiger partial charge in [0.25, 0.3) is 0 Å². The van der Waals surface area contributed by atoms with Crippen LogP contribution in [0.5, 0.6) is 5.75 Å². The molecule has 0 aliphatic carbocycles. The van der Waals surface area contributed by atoms with Crippen LogP contribution >= 0.6 is 0 Å². The summed E-state index contributed by atoms with van der Waals surface area (Å²) in [7, 11) is 0. The zero-order valence-corrected chi connectivity index (χ0v) is 14.2. The lowest BCUT2D eigenvalue weighted by atomic mass is 10.1. The zero-order valence-electron chi connectivity index (χ0n) is 14.2. The van der Waals surface area contributed by atoms with Gasteiger partial charge in [-0.15, -0.1) is 5.10 Å². The maximum Gasteiger partial charge on any atom is 0.410 e. The minimum absolute atomic E-state index is 0.0685. The fourth-order valence-corrected chi connectivity index (χ4v) is 2.89. The number of benzene rings is 1. The lowest BCUT2D eigenvalue weighted by Gasteiger charge is -2.39. The third-order valence-electron chi connectivity index (χ3n) is 4.45. The fraction of sp³-hybridized carbons (Fsp3) is 0.412. The molecule has 2 saturated heterocycles. The summed E-state index contributed by atoms with van der Waals surface area (Å²) in [5.74, 6) is 0.704. The molecule has 1 aromatic carbocycles. The molecule has 0 N–H and O–H groups in total. The van der Waals surface area contributed by atoms with E-state index in [1.807, 2.05) is 36.5 Å². The summed E-state index contributed by atoms with van der Waals surface area (Å²) >= 11 is 0. The van der Waals surface area contributed by atoms with Gasteiger partial charge < -0.3 is 14.4 Å². The van der Waals surface area contributed by atoms with Crippen LogP contribution in [0.1, 0.15) is 11.7 Å². The Bertz CT molecular complexity index is 787. The number of carbonyl (C=O) groups excluding carboxylic acids is 2. The Labute approximate surface area is 150 Å². The molecule has 0 saturated carbocycles. The maximum atomic E-state index is 12.2. The molecule has 0 radical (unpaired) electrons. The van der Waals surface area contributed by atoms with Crippen molar-refractivity contribution in [1.29, 1.82) is 0 Å². The third kappa shape index (κ3) is 3.46. The van der Waals surface area contributed by atoms with E-state index in [9.17, 15) is 9.59 Å².